The molecule has 0 saturated carbocycles. The van der Waals surface area contributed by atoms with E-state index in [9.17, 15) is 0 Å². The van der Waals surface area contributed by atoms with E-state index in [2.05, 4.69) is 47.7 Å². The van der Waals surface area contributed by atoms with Gasteiger partial charge in [0, 0.05) is 5.02 Å². The van der Waals surface area contributed by atoms with Crippen LogP contribution in [0, 0.1) is 13.8 Å². The number of halogens is 1. The molecule has 4 rings (SSSR count). The molecule has 1 N–H and O–H groups in total. The highest BCUT2D eigenvalue weighted by atomic mass is 35.5. The van der Waals surface area contributed by atoms with Gasteiger partial charge in [-0.1, -0.05) is 35.9 Å². The lowest BCUT2D eigenvalue weighted by Crippen LogP contribution is -2.36. The highest BCUT2D eigenvalue weighted by molar-refractivity contribution is 6.30. The van der Waals surface area contributed by atoms with Crippen LogP contribution < -0.4 is 10.2 Å². The van der Waals surface area contributed by atoms with E-state index >= 15 is 0 Å². The third-order valence-electron chi connectivity index (χ3n) is 4.77. The van der Waals surface area contributed by atoms with Crippen molar-refractivity contribution in [2.45, 2.75) is 26.3 Å². The first-order chi connectivity index (χ1) is 14.1. The lowest BCUT2D eigenvalue weighted by molar-refractivity contribution is 0.0623. The third-order valence-corrected chi connectivity index (χ3v) is 5.01. The molecular weight excluding hydrogens is 388 g/mol. The number of nitrogens with one attached hydrogen (secondary N) is 1. The lowest BCUT2D eigenvalue weighted by Gasteiger charge is -2.23. The van der Waals surface area contributed by atoms with Crippen molar-refractivity contribution in [1.82, 2.24) is 15.7 Å². The Balaban J connectivity index is 1.58. The van der Waals surface area contributed by atoms with Crippen LogP contribution in [0.5, 0.6) is 11.5 Å². The summed E-state index contributed by atoms with van der Waals surface area (Å²) < 4.78 is 5.96. The Bertz CT molecular complexity index is 1050. The zero-order valence-electron chi connectivity index (χ0n) is 16.2. The number of hydroxylamine groups is 1. The van der Waals surface area contributed by atoms with Crippen molar-refractivity contribution >= 4 is 17.4 Å². The maximum atomic E-state index is 6.05. The molecule has 0 spiro atoms. The summed E-state index contributed by atoms with van der Waals surface area (Å²) >= 11 is 6.05. The second-order valence-corrected chi connectivity index (χ2v) is 7.43. The Morgan fingerprint density at radius 1 is 1.10 bits per heavy atom. The number of nitrogens with zero attached hydrogens (tertiary/aromatic N) is 3. The van der Waals surface area contributed by atoms with Gasteiger partial charge in [0.25, 0.3) is 0 Å². The Hall–Kier alpha value is -2.96. The maximum absolute atomic E-state index is 6.05. The molecule has 6 nitrogen and oxygen atoms in total. The Morgan fingerprint density at radius 2 is 1.97 bits per heavy atom. The fourth-order valence-electron chi connectivity index (χ4n) is 3.11. The van der Waals surface area contributed by atoms with E-state index < -0.39 is 0 Å². The summed E-state index contributed by atoms with van der Waals surface area (Å²) in [6, 6.07) is 13.6. The molecule has 2 aromatic carbocycles. The first kappa shape index (κ1) is 19.4. The van der Waals surface area contributed by atoms with Gasteiger partial charge in [-0.05, 0) is 55.2 Å². The Labute approximate surface area is 174 Å². The molecule has 0 amide bonds. The number of hydrogen-bond donors (Lipinski definition) is 1. The maximum Gasteiger partial charge on any atom is 0.160 e. The number of aliphatic imine (C=N–C) groups is 1. The third kappa shape index (κ3) is 4.72. The molecular formula is C22H21ClN4O2. The summed E-state index contributed by atoms with van der Waals surface area (Å²) in [5.74, 6) is 1.69. The van der Waals surface area contributed by atoms with E-state index in [-0.39, 0.29) is 6.04 Å². The monoisotopic (exact) mass is 408 g/mol. The van der Waals surface area contributed by atoms with Crippen LogP contribution in [-0.4, -0.2) is 28.7 Å². The lowest BCUT2D eigenvalue weighted by atomic mass is 10.0. The van der Waals surface area contributed by atoms with Crippen LogP contribution in [-0.2, 0) is 11.3 Å². The van der Waals surface area contributed by atoms with Crippen molar-refractivity contribution in [3.05, 3.63) is 82.1 Å². The minimum absolute atomic E-state index is 0.0134. The molecule has 29 heavy (non-hydrogen) atoms. The summed E-state index contributed by atoms with van der Waals surface area (Å²) in [6.45, 7) is 4.72. The molecule has 1 aromatic heterocycles. The van der Waals surface area contributed by atoms with E-state index in [1.54, 1.807) is 24.5 Å². The van der Waals surface area contributed by atoms with Gasteiger partial charge in [-0.25, -0.2) is 5.48 Å². The van der Waals surface area contributed by atoms with Crippen LogP contribution in [0.15, 0.2) is 59.9 Å². The summed E-state index contributed by atoms with van der Waals surface area (Å²) in [7, 11) is 0. The second-order valence-electron chi connectivity index (χ2n) is 6.99. The van der Waals surface area contributed by atoms with E-state index in [0.717, 1.165) is 6.42 Å². The molecule has 2 heterocycles. The number of aromatic nitrogens is 2. The predicted octanol–water partition coefficient (Wildman–Crippen LogP) is 4.43. The number of amidine groups is 1. The number of hydrogen-bond acceptors (Lipinski definition) is 6. The molecule has 7 heteroatoms. The highest BCUT2D eigenvalue weighted by Gasteiger charge is 2.21. The number of ether oxygens (including phenoxy) is 1. The zero-order chi connectivity index (χ0) is 20.2. The molecule has 1 aliphatic rings. The van der Waals surface area contributed by atoms with E-state index in [1.165, 1.54) is 16.7 Å². The molecule has 0 unspecified atom stereocenters. The number of rotatable bonds is 5. The standard InChI is InChI=1S/C22H21ClN4O2/c1-14-6-7-16(8-15(14)2)9-18-13-28-27-22(26-18)20-11-24-25-12-21(20)29-19-5-3-4-17(23)10-19/h3-8,10-12,18H,9,13H2,1-2H3,(H,26,27)/t18-/m1/s1. The van der Waals surface area contributed by atoms with Crippen molar-refractivity contribution in [1.29, 1.82) is 0 Å². The Kier molecular flexibility index (Phi) is 5.74. The molecule has 0 bridgehead atoms. The van der Waals surface area contributed by atoms with Gasteiger partial charge in [0.15, 0.2) is 11.6 Å². The zero-order valence-corrected chi connectivity index (χ0v) is 17.0. The minimum atomic E-state index is -0.0134. The van der Waals surface area contributed by atoms with Crippen molar-refractivity contribution in [3.63, 3.8) is 0 Å². The van der Waals surface area contributed by atoms with Gasteiger partial charge in [0.05, 0.1) is 30.6 Å². The van der Waals surface area contributed by atoms with Gasteiger partial charge in [-0.2, -0.15) is 10.2 Å². The normalized spacial score (nSPS) is 16.1. The summed E-state index contributed by atoms with van der Waals surface area (Å²) in [5.41, 5.74) is 7.35. The van der Waals surface area contributed by atoms with Gasteiger partial charge in [-0.15, -0.1) is 0 Å². The van der Waals surface area contributed by atoms with Crippen LogP contribution in [0.3, 0.4) is 0 Å². The van der Waals surface area contributed by atoms with Crippen molar-refractivity contribution in [3.8, 4) is 11.5 Å². The fraction of sp³-hybridized carbons (Fsp3) is 0.227. The van der Waals surface area contributed by atoms with Crippen LogP contribution in [0.2, 0.25) is 5.02 Å². The molecule has 0 radical (unpaired) electrons. The summed E-state index contributed by atoms with van der Waals surface area (Å²) in [4.78, 5) is 10.4. The SMILES string of the molecule is Cc1ccc(C[C@@H]2CONC(c3cnncc3Oc3cccc(Cl)c3)=N2)cc1C. The van der Waals surface area contributed by atoms with Gasteiger partial charge in [0.1, 0.15) is 5.75 Å². The number of aryl methyl sites for hydroxylation is 2. The second kappa shape index (κ2) is 8.59. The van der Waals surface area contributed by atoms with E-state index in [4.69, 9.17) is 26.2 Å². The first-order valence-corrected chi connectivity index (χ1v) is 9.72. The van der Waals surface area contributed by atoms with E-state index in [1.807, 2.05) is 12.1 Å². The van der Waals surface area contributed by atoms with Gasteiger partial charge < -0.3 is 4.74 Å². The van der Waals surface area contributed by atoms with E-state index in [0.29, 0.717) is 34.5 Å². The van der Waals surface area contributed by atoms with Crippen molar-refractivity contribution in [2.75, 3.05) is 6.61 Å². The average Bonchev–Trinajstić information content (AvgIpc) is 2.71. The molecule has 0 fully saturated rings. The quantitative estimate of drug-likeness (QED) is 0.676. The van der Waals surface area contributed by atoms with Crippen LogP contribution in [0.25, 0.3) is 0 Å². The van der Waals surface area contributed by atoms with Gasteiger partial charge in [-0.3, -0.25) is 9.83 Å². The first-order valence-electron chi connectivity index (χ1n) is 9.35. The molecule has 1 aliphatic heterocycles. The highest BCUT2D eigenvalue weighted by Crippen LogP contribution is 2.27. The van der Waals surface area contributed by atoms with Crippen LogP contribution in [0.1, 0.15) is 22.3 Å². The fourth-order valence-corrected chi connectivity index (χ4v) is 3.29. The summed E-state index contributed by atoms with van der Waals surface area (Å²) in [6.07, 6.45) is 3.94. The van der Waals surface area contributed by atoms with Crippen LogP contribution in [0.4, 0.5) is 0 Å². The molecule has 3 aromatic rings. The van der Waals surface area contributed by atoms with Crippen molar-refractivity contribution in [2.24, 2.45) is 4.99 Å². The molecule has 148 valence electrons. The Morgan fingerprint density at radius 3 is 2.79 bits per heavy atom. The number of benzene rings is 2. The molecule has 1 atom stereocenters. The van der Waals surface area contributed by atoms with Gasteiger partial charge >= 0.3 is 0 Å². The minimum Gasteiger partial charge on any atom is -0.455 e. The van der Waals surface area contributed by atoms with Crippen molar-refractivity contribution < 1.29 is 9.57 Å². The largest absolute Gasteiger partial charge is 0.455 e. The predicted molar refractivity (Wildman–Crippen MR) is 113 cm³/mol. The van der Waals surface area contributed by atoms with Crippen LogP contribution >= 0.6 is 11.6 Å². The van der Waals surface area contributed by atoms with Gasteiger partial charge in [0.2, 0.25) is 0 Å². The average molecular weight is 409 g/mol. The summed E-state index contributed by atoms with van der Waals surface area (Å²) in [5, 5.41) is 8.50. The topological polar surface area (TPSA) is 68.6 Å². The molecule has 0 aliphatic carbocycles. The smallest absolute Gasteiger partial charge is 0.160 e. The molecule has 0 saturated heterocycles.